The molecule has 0 bridgehead atoms. The molecule has 2 heterocycles. The van der Waals surface area contributed by atoms with Crippen LogP contribution in [-0.4, -0.2) is 41.7 Å². The molecule has 1 aromatic rings. The highest BCUT2D eigenvalue weighted by atomic mass is 32.2. The summed E-state index contributed by atoms with van der Waals surface area (Å²) in [5.74, 6) is -0.461. The van der Waals surface area contributed by atoms with Gasteiger partial charge in [-0.3, -0.25) is 9.48 Å². The van der Waals surface area contributed by atoms with E-state index in [1.165, 1.54) is 0 Å². The molecule has 1 saturated heterocycles. The van der Waals surface area contributed by atoms with Crippen LogP contribution < -0.4 is 5.32 Å². The second kappa shape index (κ2) is 5.09. The van der Waals surface area contributed by atoms with Crippen molar-refractivity contribution in [1.29, 1.82) is 0 Å². The van der Waals surface area contributed by atoms with Crippen LogP contribution in [0.5, 0.6) is 0 Å². The number of aromatic nitrogens is 2. The molecular weight excluding hydrogens is 254 g/mol. The highest BCUT2D eigenvalue weighted by Crippen LogP contribution is 2.18. The molecule has 1 aromatic heterocycles. The van der Waals surface area contributed by atoms with E-state index >= 15 is 0 Å². The van der Waals surface area contributed by atoms with E-state index in [0.29, 0.717) is 13.0 Å². The SMILES string of the molecule is C[C@H](Cn1cccn1)NC(=O)[C@@H]1CCS(=O)(=O)C1. The zero-order valence-corrected chi connectivity index (χ0v) is 11.1. The molecule has 0 radical (unpaired) electrons. The fourth-order valence-corrected chi connectivity index (χ4v) is 3.84. The molecule has 0 saturated carbocycles. The lowest BCUT2D eigenvalue weighted by Crippen LogP contribution is -2.40. The van der Waals surface area contributed by atoms with Crippen LogP contribution in [0.4, 0.5) is 0 Å². The first-order valence-corrected chi connectivity index (χ1v) is 7.76. The van der Waals surface area contributed by atoms with Gasteiger partial charge in [-0.1, -0.05) is 0 Å². The highest BCUT2D eigenvalue weighted by molar-refractivity contribution is 7.91. The molecule has 1 fully saturated rings. The summed E-state index contributed by atoms with van der Waals surface area (Å²) in [7, 11) is -3.00. The number of nitrogens with zero attached hydrogens (tertiary/aromatic N) is 2. The third kappa shape index (κ3) is 3.32. The summed E-state index contributed by atoms with van der Waals surface area (Å²) in [4.78, 5) is 11.9. The molecule has 7 heteroatoms. The second-order valence-electron chi connectivity index (χ2n) is 4.74. The average molecular weight is 271 g/mol. The zero-order chi connectivity index (χ0) is 13.2. The van der Waals surface area contributed by atoms with Crippen LogP contribution in [-0.2, 0) is 21.2 Å². The highest BCUT2D eigenvalue weighted by Gasteiger charge is 2.33. The molecule has 0 spiro atoms. The fraction of sp³-hybridized carbons (Fsp3) is 0.636. The van der Waals surface area contributed by atoms with Gasteiger partial charge in [-0.05, 0) is 19.4 Å². The first-order valence-electron chi connectivity index (χ1n) is 5.94. The van der Waals surface area contributed by atoms with E-state index in [1.54, 1.807) is 10.9 Å². The van der Waals surface area contributed by atoms with Crippen LogP contribution in [0.25, 0.3) is 0 Å². The third-order valence-corrected chi connectivity index (χ3v) is 4.78. The molecule has 2 atom stereocenters. The van der Waals surface area contributed by atoms with Gasteiger partial charge in [0.1, 0.15) is 0 Å². The molecular formula is C11H17N3O3S. The van der Waals surface area contributed by atoms with Gasteiger partial charge >= 0.3 is 0 Å². The molecule has 2 rings (SSSR count). The molecule has 100 valence electrons. The van der Waals surface area contributed by atoms with Crippen LogP contribution >= 0.6 is 0 Å². The van der Waals surface area contributed by atoms with Gasteiger partial charge in [0.25, 0.3) is 0 Å². The minimum absolute atomic E-state index is 0.0205. The maximum absolute atomic E-state index is 11.9. The monoisotopic (exact) mass is 271 g/mol. The Morgan fingerprint density at radius 1 is 1.61 bits per heavy atom. The number of amides is 1. The van der Waals surface area contributed by atoms with Crippen LogP contribution in [0.1, 0.15) is 13.3 Å². The molecule has 0 aromatic carbocycles. The Balaban J connectivity index is 1.84. The summed E-state index contributed by atoms with van der Waals surface area (Å²) in [6.45, 7) is 2.46. The summed E-state index contributed by atoms with van der Waals surface area (Å²) in [5.41, 5.74) is 0. The molecule has 6 nitrogen and oxygen atoms in total. The van der Waals surface area contributed by atoms with Gasteiger partial charge in [0.2, 0.25) is 5.91 Å². The lowest BCUT2D eigenvalue weighted by Gasteiger charge is -2.16. The predicted molar refractivity (Wildman–Crippen MR) is 66.6 cm³/mol. The molecule has 1 amide bonds. The quantitative estimate of drug-likeness (QED) is 0.824. The van der Waals surface area contributed by atoms with Crippen molar-refractivity contribution in [3.63, 3.8) is 0 Å². The summed E-state index contributed by atoms with van der Waals surface area (Å²) in [5, 5.41) is 6.89. The fourth-order valence-electron chi connectivity index (χ4n) is 2.10. The molecule has 1 aliphatic rings. The predicted octanol–water partition coefficient (Wildman–Crippen LogP) is -0.177. The Morgan fingerprint density at radius 3 is 2.94 bits per heavy atom. The molecule has 1 N–H and O–H groups in total. The second-order valence-corrected chi connectivity index (χ2v) is 6.97. The number of carbonyl (C=O) groups excluding carboxylic acids is 1. The van der Waals surface area contributed by atoms with Crippen molar-refractivity contribution in [2.24, 2.45) is 5.92 Å². The van der Waals surface area contributed by atoms with Crippen LogP contribution in [0.3, 0.4) is 0 Å². The summed E-state index contributed by atoms with van der Waals surface area (Å²) < 4.78 is 24.3. The Bertz CT molecular complexity index is 510. The van der Waals surface area contributed by atoms with Crippen LogP contribution in [0.15, 0.2) is 18.5 Å². The summed E-state index contributed by atoms with van der Waals surface area (Å²) in [6.07, 6.45) is 3.93. The van der Waals surface area contributed by atoms with E-state index in [2.05, 4.69) is 10.4 Å². The van der Waals surface area contributed by atoms with Gasteiger partial charge in [-0.2, -0.15) is 5.10 Å². The van der Waals surface area contributed by atoms with Gasteiger partial charge in [0, 0.05) is 18.4 Å². The first kappa shape index (κ1) is 13.1. The Hall–Kier alpha value is -1.37. The maximum atomic E-state index is 11.9. The van der Waals surface area contributed by atoms with E-state index in [9.17, 15) is 13.2 Å². The van der Waals surface area contributed by atoms with Crippen LogP contribution in [0.2, 0.25) is 0 Å². The normalized spacial score (nSPS) is 23.7. The standard InChI is InChI=1S/C11H17N3O3S/c1-9(7-14-5-2-4-12-14)13-11(15)10-3-6-18(16,17)8-10/h2,4-5,9-10H,3,6-8H2,1H3,(H,13,15)/t9-,10-/m1/s1. The van der Waals surface area contributed by atoms with Crippen molar-refractivity contribution in [1.82, 2.24) is 15.1 Å². The number of carbonyl (C=O) groups is 1. The lowest BCUT2D eigenvalue weighted by atomic mass is 10.1. The summed E-state index contributed by atoms with van der Waals surface area (Å²) in [6, 6.07) is 1.75. The first-order chi connectivity index (χ1) is 8.46. The van der Waals surface area contributed by atoms with Crippen molar-refractivity contribution < 1.29 is 13.2 Å². The van der Waals surface area contributed by atoms with E-state index in [4.69, 9.17) is 0 Å². The Morgan fingerprint density at radius 2 is 2.39 bits per heavy atom. The minimum Gasteiger partial charge on any atom is -0.352 e. The summed E-state index contributed by atoms with van der Waals surface area (Å²) >= 11 is 0. The van der Waals surface area contributed by atoms with Gasteiger partial charge in [0.15, 0.2) is 9.84 Å². The number of hydrogen-bond donors (Lipinski definition) is 1. The maximum Gasteiger partial charge on any atom is 0.224 e. The topological polar surface area (TPSA) is 81.1 Å². The van der Waals surface area contributed by atoms with E-state index in [1.807, 2.05) is 19.2 Å². The smallest absolute Gasteiger partial charge is 0.224 e. The van der Waals surface area contributed by atoms with Crippen molar-refractivity contribution in [3.05, 3.63) is 18.5 Å². The van der Waals surface area contributed by atoms with E-state index in [-0.39, 0.29) is 23.5 Å². The largest absolute Gasteiger partial charge is 0.352 e. The minimum atomic E-state index is -3.00. The Labute approximate surface area is 106 Å². The van der Waals surface area contributed by atoms with Crippen molar-refractivity contribution in [3.8, 4) is 0 Å². The Kier molecular flexibility index (Phi) is 3.70. The molecule has 0 aliphatic carbocycles. The number of sulfone groups is 1. The van der Waals surface area contributed by atoms with E-state index < -0.39 is 15.8 Å². The van der Waals surface area contributed by atoms with Gasteiger partial charge in [0.05, 0.1) is 24.0 Å². The number of hydrogen-bond acceptors (Lipinski definition) is 4. The molecule has 1 aliphatic heterocycles. The van der Waals surface area contributed by atoms with Gasteiger partial charge in [-0.15, -0.1) is 0 Å². The zero-order valence-electron chi connectivity index (χ0n) is 10.2. The van der Waals surface area contributed by atoms with Crippen molar-refractivity contribution >= 4 is 15.7 Å². The van der Waals surface area contributed by atoms with Crippen LogP contribution in [0, 0.1) is 5.92 Å². The third-order valence-electron chi connectivity index (χ3n) is 3.01. The van der Waals surface area contributed by atoms with Gasteiger partial charge < -0.3 is 5.32 Å². The average Bonchev–Trinajstić information content (AvgIpc) is 2.87. The number of nitrogens with one attached hydrogen (secondary N) is 1. The molecule has 18 heavy (non-hydrogen) atoms. The van der Waals surface area contributed by atoms with E-state index in [0.717, 1.165) is 0 Å². The van der Waals surface area contributed by atoms with Gasteiger partial charge in [-0.25, -0.2) is 8.42 Å². The lowest BCUT2D eigenvalue weighted by molar-refractivity contribution is -0.124. The number of rotatable bonds is 4. The van der Waals surface area contributed by atoms with Crippen molar-refractivity contribution in [2.45, 2.75) is 25.9 Å². The molecule has 0 unspecified atom stereocenters. The van der Waals surface area contributed by atoms with Crippen molar-refractivity contribution in [2.75, 3.05) is 11.5 Å².